The van der Waals surface area contributed by atoms with E-state index >= 15 is 0 Å². The van der Waals surface area contributed by atoms with Gasteiger partial charge in [-0.2, -0.15) is 0 Å². The number of likely N-dealkylation sites (N-methyl/N-ethyl adjacent to an activating group) is 1. The van der Waals surface area contributed by atoms with Gasteiger partial charge in [-0.05, 0) is 132 Å². The predicted octanol–water partition coefficient (Wildman–Crippen LogP) is 8.07. The summed E-state index contributed by atoms with van der Waals surface area (Å²) in [6.45, 7) is 2.19. The van der Waals surface area contributed by atoms with Gasteiger partial charge < -0.3 is 45.5 Å². The van der Waals surface area contributed by atoms with Crippen LogP contribution < -0.4 is 36.3 Å². The van der Waals surface area contributed by atoms with Crippen LogP contribution in [0.15, 0.2) is 146 Å². The van der Waals surface area contributed by atoms with Crippen LogP contribution >= 0.6 is 0 Å². The summed E-state index contributed by atoms with van der Waals surface area (Å²) in [4.78, 5) is 89.8. The van der Waals surface area contributed by atoms with E-state index in [0.717, 1.165) is 27.8 Å². The molecule has 0 aliphatic carbocycles. The quantitative estimate of drug-likeness (QED) is 0.0351. The molecule has 0 radical (unpaired) electrons. The Morgan fingerprint density at radius 1 is 0.421 bits per heavy atom. The van der Waals surface area contributed by atoms with Gasteiger partial charge in [-0.25, -0.2) is 9.59 Å². The Morgan fingerprint density at radius 2 is 0.684 bits per heavy atom. The van der Waals surface area contributed by atoms with E-state index in [9.17, 15) is 38.4 Å². The SMILES string of the molecule is CCOC(=O)CCc1ccc(Oc2ccc(CC(=O)O)cc2)cc1.CN(C)C(=O)Cc1ccc(Oc2ccc(CCC(=O)NC(N)=O)cc2)cc1.NC(=O)NC(=O)CCc1ccc(Oc2ccc(CC(=O)O)cc2)cc1. The van der Waals surface area contributed by atoms with Gasteiger partial charge in [-0.3, -0.25) is 39.4 Å². The van der Waals surface area contributed by atoms with Crippen molar-refractivity contribution in [2.75, 3.05) is 20.7 Å². The molecule has 0 aliphatic heterocycles. The molecule has 6 aromatic carbocycles. The summed E-state index contributed by atoms with van der Waals surface area (Å²) in [6.07, 6.45) is 2.61. The van der Waals surface area contributed by atoms with Gasteiger partial charge in [0.1, 0.15) is 34.5 Å². The van der Waals surface area contributed by atoms with Gasteiger partial charge in [-0.15, -0.1) is 0 Å². The number of carboxylic acid groups (broad SMARTS) is 2. The van der Waals surface area contributed by atoms with Gasteiger partial charge in [0.2, 0.25) is 17.7 Å². The fourth-order valence-electron chi connectivity index (χ4n) is 6.68. The standard InChI is InChI=1S/C20H23N3O4.C19H20O5.C18H18N2O5/c1-23(2)19(25)13-15-5-10-17(11-6-15)27-16-8-3-14(4-9-16)7-12-18(24)22-20(21)26;1-2-23-19(22)12-7-14-3-8-16(9-4-14)24-17-10-5-15(6-11-17)13-18(20)21;19-18(24)20-16(21)10-5-12-1-6-14(7-2-12)25-15-8-3-13(4-9-15)11-17(22)23/h3-6,8-11H,7,12-13H2,1-2H3,(H3,21,22,24,26);3-6,8-11H,2,7,12-13H2,1H3,(H,20,21);1-4,6-9H,5,10-11H2,(H,22,23)(H3,19,20,21,24). The molecular weight excluding hydrogens is 979 g/mol. The van der Waals surface area contributed by atoms with E-state index in [1.54, 1.807) is 86.6 Å². The van der Waals surface area contributed by atoms with Crippen molar-refractivity contribution in [2.24, 2.45) is 11.5 Å². The van der Waals surface area contributed by atoms with Gasteiger partial charge in [0, 0.05) is 33.4 Å². The van der Waals surface area contributed by atoms with E-state index in [1.165, 1.54) is 0 Å². The number of carbonyl (C=O) groups is 8. The molecule has 7 amide bonds. The first-order chi connectivity index (χ1) is 36.3. The van der Waals surface area contributed by atoms with Crippen LogP contribution in [0.1, 0.15) is 59.6 Å². The average molecular weight is 1040 g/mol. The number of hydrogen-bond acceptors (Lipinski definition) is 12. The number of primary amides is 2. The van der Waals surface area contributed by atoms with Crippen LogP contribution in [0.2, 0.25) is 0 Å². The lowest BCUT2D eigenvalue weighted by Crippen LogP contribution is -2.35. The third-order valence-electron chi connectivity index (χ3n) is 10.5. The molecule has 0 bridgehead atoms. The lowest BCUT2D eigenvalue weighted by molar-refractivity contribution is -0.143. The maximum absolute atomic E-state index is 11.7. The summed E-state index contributed by atoms with van der Waals surface area (Å²) in [5, 5.41) is 21.5. The highest BCUT2D eigenvalue weighted by atomic mass is 16.5. The Labute approximate surface area is 439 Å². The lowest BCUT2D eigenvalue weighted by Gasteiger charge is -2.11. The molecule has 76 heavy (non-hydrogen) atoms. The van der Waals surface area contributed by atoms with E-state index in [2.05, 4.69) is 0 Å². The van der Waals surface area contributed by atoms with E-state index in [0.29, 0.717) is 78.8 Å². The molecule has 0 fully saturated rings. The average Bonchev–Trinajstić information content (AvgIpc) is 3.37. The minimum absolute atomic E-state index is 0.00452. The van der Waals surface area contributed by atoms with Crippen molar-refractivity contribution in [3.05, 3.63) is 179 Å². The molecule has 19 nitrogen and oxygen atoms in total. The summed E-state index contributed by atoms with van der Waals surface area (Å²) in [5.41, 5.74) is 15.0. The fourth-order valence-corrected chi connectivity index (χ4v) is 6.68. The van der Waals surface area contributed by atoms with Crippen molar-refractivity contribution in [1.29, 1.82) is 0 Å². The fraction of sp³-hybridized carbons (Fsp3) is 0.228. The van der Waals surface area contributed by atoms with E-state index in [1.807, 2.05) is 95.6 Å². The number of urea groups is 2. The second-order valence-electron chi connectivity index (χ2n) is 16.9. The van der Waals surface area contributed by atoms with E-state index < -0.39 is 35.8 Å². The topological polar surface area (TPSA) is 293 Å². The predicted molar refractivity (Wildman–Crippen MR) is 281 cm³/mol. The normalized spacial score (nSPS) is 10.1. The largest absolute Gasteiger partial charge is 0.481 e. The third-order valence-corrected chi connectivity index (χ3v) is 10.5. The number of nitrogens with one attached hydrogen (secondary N) is 2. The van der Waals surface area contributed by atoms with Crippen LogP contribution in [0, 0.1) is 0 Å². The summed E-state index contributed by atoms with van der Waals surface area (Å²) < 4.78 is 22.1. The highest BCUT2D eigenvalue weighted by Gasteiger charge is 2.10. The van der Waals surface area contributed by atoms with Crippen LogP contribution in [0.3, 0.4) is 0 Å². The maximum atomic E-state index is 11.7. The number of rotatable bonds is 22. The maximum Gasteiger partial charge on any atom is 0.318 e. The monoisotopic (exact) mass is 1040 g/mol. The number of hydrogen-bond donors (Lipinski definition) is 6. The van der Waals surface area contributed by atoms with E-state index in [-0.39, 0.29) is 37.6 Å². The number of carboxylic acids is 2. The molecule has 8 N–H and O–H groups in total. The number of nitrogens with zero attached hydrogens (tertiary/aromatic N) is 1. The summed E-state index contributed by atoms with van der Waals surface area (Å²) in [7, 11) is 3.46. The Balaban J connectivity index is 0.000000247. The highest BCUT2D eigenvalue weighted by Crippen LogP contribution is 2.25. The number of amides is 7. The van der Waals surface area contributed by atoms with Crippen LogP contribution in [-0.4, -0.2) is 83.5 Å². The Hall–Kier alpha value is -9.52. The van der Waals surface area contributed by atoms with Crippen molar-refractivity contribution >= 4 is 47.7 Å². The first kappa shape index (κ1) is 59.0. The Bertz CT molecular complexity index is 2860. The minimum Gasteiger partial charge on any atom is -0.481 e. The van der Waals surface area contributed by atoms with Gasteiger partial charge in [-0.1, -0.05) is 72.8 Å². The van der Waals surface area contributed by atoms with Gasteiger partial charge in [0.15, 0.2) is 0 Å². The number of benzene rings is 6. The smallest absolute Gasteiger partial charge is 0.318 e. The van der Waals surface area contributed by atoms with Gasteiger partial charge >= 0.3 is 30.0 Å². The molecule has 398 valence electrons. The summed E-state index contributed by atoms with van der Waals surface area (Å²) in [6, 6.07) is 41.5. The molecule has 6 rings (SSSR count). The van der Waals surface area contributed by atoms with Crippen LogP contribution in [0.25, 0.3) is 0 Å². The zero-order valence-corrected chi connectivity index (χ0v) is 42.3. The zero-order chi connectivity index (χ0) is 55.4. The molecule has 0 atom stereocenters. The van der Waals surface area contributed by atoms with Crippen molar-refractivity contribution in [3.8, 4) is 34.5 Å². The van der Waals surface area contributed by atoms with E-state index in [4.69, 9.17) is 40.6 Å². The zero-order valence-electron chi connectivity index (χ0n) is 42.3. The molecule has 0 aliphatic rings. The van der Waals surface area contributed by atoms with Crippen molar-refractivity contribution in [1.82, 2.24) is 15.5 Å². The lowest BCUT2D eigenvalue weighted by atomic mass is 10.1. The molecule has 0 aromatic heterocycles. The number of nitrogens with two attached hydrogens (primary N) is 2. The molecule has 0 unspecified atom stereocenters. The Kier molecular flexibility index (Phi) is 24.2. The van der Waals surface area contributed by atoms with Crippen LogP contribution in [0.4, 0.5) is 9.59 Å². The molecule has 0 saturated heterocycles. The number of ether oxygens (including phenoxy) is 4. The van der Waals surface area contributed by atoms with Crippen molar-refractivity contribution < 1.29 is 67.5 Å². The molecule has 19 heteroatoms. The number of imide groups is 2. The summed E-state index contributed by atoms with van der Waals surface area (Å²) >= 11 is 0. The van der Waals surface area contributed by atoms with Crippen molar-refractivity contribution in [3.63, 3.8) is 0 Å². The molecule has 6 aromatic rings. The number of esters is 1. The summed E-state index contributed by atoms with van der Waals surface area (Å²) in [5.74, 6) is 1.16. The molecule has 0 saturated carbocycles. The first-order valence-electron chi connectivity index (χ1n) is 23.9. The molecule has 0 spiro atoms. The van der Waals surface area contributed by atoms with Crippen molar-refractivity contribution in [2.45, 2.75) is 64.7 Å². The second kappa shape index (κ2) is 31.2. The highest BCUT2D eigenvalue weighted by molar-refractivity contribution is 5.94. The Morgan fingerprint density at radius 3 is 0.934 bits per heavy atom. The van der Waals surface area contributed by atoms with Crippen LogP contribution in [-0.2, 0) is 72.0 Å². The second-order valence-corrected chi connectivity index (χ2v) is 16.9. The number of aliphatic carboxylic acids is 2. The number of carbonyl (C=O) groups excluding carboxylic acids is 6. The molecule has 0 heterocycles. The minimum atomic E-state index is -0.881. The van der Waals surface area contributed by atoms with Crippen LogP contribution in [0.5, 0.6) is 34.5 Å². The van der Waals surface area contributed by atoms with Gasteiger partial charge in [0.05, 0.1) is 25.9 Å². The first-order valence-corrected chi connectivity index (χ1v) is 23.9. The number of aryl methyl sites for hydroxylation is 3. The third kappa shape index (κ3) is 23.8. The molecular formula is C57H61N5O14. The van der Waals surface area contributed by atoms with Gasteiger partial charge in [0.25, 0.3) is 0 Å².